The number of nitrogens with two attached hydrogens (primary N) is 1. The van der Waals surface area contributed by atoms with Crippen molar-refractivity contribution in [2.24, 2.45) is 5.92 Å². The van der Waals surface area contributed by atoms with Crippen molar-refractivity contribution < 1.29 is 28.1 Å². The van der Waals surface area contributed by atoms with Crippen molar-refractivity contribution in [2.45, 2.75) is 81.0 Å². The van der Waals surface area contributed by atoms with Gasteiger partial charge in [-0.3, -0.25) is 9.36 Å². The van der Waals surface area contributed by atoms with Gasteiger partial charge in [0.25, 0.3) is 0 Å². The second-order valence-electron chi connectivity index (χ2n) is 8.82. The molecule has 2 heterocycles. The van der Waals surface area contributed by atoms with E-state index in [0.717, 1.165) is 0 Å². The van der Waals surface area contributed by atoms with E-state index in [2.05, 4.69) is 20.0 Å². The van der Waals surface area contributed by atoms with Crippen molar-refractivity contribution in [1.29, 1.82) is 0 Å². The predicted molar refractivity (Wildman–Crippen MR) is 153 cm³/mol. The number of hydrogen-bond acceptors (Lipinski definition) is 10. The number of esters is 1. The van der Waals surface area contributed by atoms with E-state index in [1.165, 1.54) is 0 Å². The Morgan fingerprint density at radius 1 is 1.21 bits per heavy atom. The topological polar surface area (TPSA) is 153 Å². The highest BCUT2D eigenvalue weighted by Gasteiger charge is 2.32. The number of imidazole rings is 1. The van der Waals surface area contributed by atoms with Gasteiger partial charge in [-0.25, -0.2) is 10.1 Å². The van der Waals surface area contributed by atoms with Gasteiger partial charge in [-0.1, -0.05) is 39.8 Å². The number of carbonyl (C=O) groups excluding carboxylic acids is 1. The Morgan fingerprint density at radius 3 is 2.49 bits per heavy atom. The molecule has 0 spiro atoms. The highest BCUT2D eigenvalue weighted by Crippen LogP contribution is 2.46. The lowest BCUT2D eigenvalue weighted by molar-refractivity contribution is -0.149. The van der Waals surface area contributed by atoms with Crippen LogP contribution < -0.4 is 15.6 Å². The van der Waals surface area contributed by atoms with Crippen molar-refractivity contribution in [3.8, 4) is 5.88 Å². The van der Waals surface area contributed by atoms with Gasteiger partial charge in [0.15, 0.2) is 11.2 Å². The minimum Gasteiger partial charge on any atom is -0.476 e. The van der Waals surface area contributed by atoms with Crippen molar-refractivity contribution in [1.82, 2.24) is 24.6 Å². The van der Waals surface area contributed by atoms with Gasteiger partial charge in [-0.05, 0) is 40.7 Å². The number of aromatic nitrogens is 4. The first-order valence-electron chi connectivity index (χ1n) is 13.3. The van der Waals surface area contributed by atoms with Gasteiger partial charge in [0.1, 0.15) is 18.1 Å². The van der Waals surface area contributed by atoms with Crippen LogP contribution in [0, 0.1) is 5.92 Å². The van der Waals surface area contributed by atoms with Crippen molar-refractivity contribution in [3.05, 3.63) is 30.3 Å². The van der Waals surface area contributed by atoms with E-state index in [-0.39, 0.29) is 30.9 Å². The number of nitrogen functional groups attached to an aromatic ring is 1. The van der Waals surface area contributed by atoms with E-state index in [4.69, 9.17) is 24.5 Å². The molecule has 2 rings (SSSR count). The van der Waals surface area contributed by atoms with E-state index in [1.807, 2.05) is 47.6 Å². The average Bonchev–Trinajstić information content (AvgIpc) is 3.28. The van der Waals surface area contributed by atoms with Crippen molar-refractivity contribution in [3.63, 3.8) is 0 Å². The minimum atomic E-state index is -3.67. The number of carbonyl (C=O) groups is 1. The molecule has 0 aliphatic carbocycles. The van der Waals surface area contributed by atoms with Crippen molar-refractivity contribution in [2.75, 3.05) is 25.3 Å². The number of rotatable bonds is 15. The van der Waals surface area contributed by atoms with Gasteiger partial charge in [0.2, 0.25) is 11.8 Å². The quantitative estimate of drug-likeness (QED) is 0.0974. The summed E-state index contributed by atoms with van der Waals surface area (Å²) in [6.07, 6.45) is 6.38. The van der Waals surface area contributed by atoms with Crippen molar-refractivity contribution >= 4 is 30.6 Å². The number of allylic oxidation sites excluding steroid dienone is 4. The lowest BCUT2D eigenvalue weighted by atomic mass is 10.1. The minimum absolute atomic E-state index is 0.0498. The van der Waals surface area contributed by atoms with E-state index in [1.54, 1.807) is 43.8 Å². The largest absolute Gasteiger partial charge is 0.476 e. The molecule has 0 amide bonds. The average molecular weight is 569 g/mol. The molecule has 0 fully saturated rings. The number of ether oxygens (including phenoxy) is 3. The van der Waals surface area contributed by atoms with Crippen LogP contribution in [0.2, 0.25) is 0 Å². The number of anilines is 1. The molecule has 2 atom stereocenters. The molecular formula is C26H45N6O6P. The standard InChI is InChI=1S/C24H39N6O6P.C2H6/c1-8-10-11-19(16(3)4)36-37(32,29-18(7)23(31)35-17(5)6)15-33-13-12-30-14-26-20-21(30)27-24(25)28-22(20)34-9-2;1-2/h8,10-11,14,16-18H,9,12-13,15H2,1-7H3,(H,29,32)(H2,25,27,28);1-2H3/b10-8-,19-11+;/t18-,37?;/m0./s1. The summed E-state index contributed by atoms with van der Waals surface area (Å²) in [4.78, 5) is 25.0. The van der Waals surface area contributed by atoms with Crippen LogP contribution in [0.4, 0.5) is 5.95 Å². The number of fused-ring (bicyclic) bond motifs is 1. The summed E-state index contributed by atoms with van der Waals surface area (Å²) in [6.45, 7) is 17.5. The molecule has 0 aliphatic heterocycles. The second-order valence-corrected chi connectivity index (χ2v) is 10.9. The van der Waals surface area contributed by atoms with Gasteiger partial charge in [-0.15, -0.1) is 0 Å². The summed E-state index contributed by atoms with van der Waals surface area (Å²) >= 11 is 0. The zero-order chi connectivity index (χ0) is 29.6. The lowest BCUT2D eigenvalue weighted by Crippen LogP contribution is -2.36. The Hall–Kier alpha value is -2.95. The van der Waals surface area contributed by atoms with Gasteiger partial charge in [-0.2, -0.15) is 9.97 Å². The summed E-state index contributed by atoms with van der Waals surface area (Å²) in [5, 5.41) is 2.81. The first kappa shape index (κ1) is 34.1. The summed E-state index contributed by atoms with van der Waals surface area (Å²) in [6, 6.07) is -0.874. The Labute approximate surface area is 231 Å². The summed E-state index contributed by atoms with van der Waals surface area (Å²) < 4.78 is 38.0. The van der Waals surface area contributed by atoms with Crippen LogP contribution in [0.25, 0.3) is 11.2 Å². The predicted octanol–water partition coefficient (Wildman–Crippen LogP) is 5.06. The molecule has 1 unspecified atom stereocenters. The van der Waals surface area contributed by atoms with Crippen LogP contribution in [0.5, 0.6) is 5.88 Å². The SMILES string of the molecule is C/C=C\C=C(\OP(=O)(COCCn1cnc2c(OCC)nc(N)nc21)N[C@@H](C)C(=O)OC(C)C)C(C)C.CC. The molecule has 39 heavy (non-hydrogen) atoms. The molecule has 0 saturated heterocycles. The van der Waals surface area contributed by atoms with E-state index >= 15 is 0 Å². The van der Waals surface area contributed by atoms with Gasteiger partial charge in [0, 0.05) is 12.5 Å². The molecule has 0 aromatic carbocycles. The normalized spacial score (nSPS) is 14.3. The summed E-state index contributed by atoms with van der Waals surface area (Å²) in [5.74, 6) is 0.291. The molecule has 0 aliphatic rings. The lowest BCUT2D eigenvalue weighted by Gasteiger charge is -2.26. The molecule has 3 N–H and O–H groups in total. The maximum absolute atomic E-state index is 13.8. The molecule has 13 heteroatoms. The number of nitrogens with zero attached hydrogens (tertiary/aromatic N) is 4. The second kappa shape index (κ2) is 16.9. The third-order valence-corrected chi connectivity index (χ3v) is 6.65. The molecule has 2 aromatic rings. The third kappa shape index (κ3) is 11.0. The highest BCUT2D eigenvalue weighted by molar-refractivity contribution is 7.56. The first-order chi connectivity index (χ1) is 18.5. The van der Waals surface area contributed by atoms with Crippen LogP contribution in [0.1, 0.15) is 62.3 Å². The molecule has 0 radical (unpaired) electrons. The van der Waals surface area contributed by atoms with Crippen LogP contribution in [0.3, 0.4) is 0 Å². The first-order valence-corrected chi connectivity index (χ1v) is 15.1. The fourth-order valence-electron chi connectivity index (χ4n) is 3.14. The molecule has 2 aromatic heterocycles. The maximum Gasteiger partial charge on any atom is 0.342 e. The Kier molecular flexibility index (Phi) is 14.8. The zero-order valence-electron chi connectivity index (χ0n) is 24.6. The van der Waals surface area contributed by atoms with Gasteiger partial charge < -0.3 is 29.0 Å². The third-order valence-electron chi connectivity index (χ3n) is 4.84. The smallest absolute Gasteiger partial charge is 0.342 e. The monoisotopic (exact) mass is 568 g/mol. The van der Waals surface area contributed by atoms with Gasteiger partial charge >= 0.3 is 13.5 Å². The Morgan fingerprint density at radius 2 is 1.90 bits per heavy atom. The number of nitrogens with one attached hydrogen (secondary N) is 1. The van der Waals surface area contributed by atoms with E-state index in [9.17, 15) is 9.36 Å². The molecule has 220 valence electrons. The van der Waals surface area contributed by atoms with Gasteiger partial charge in [0.05, 0.1) is 25.6 Å². The fourth-order valence-corrected chi connectivity index (χ4v) is 5.00. The van der Waals surface area contributed by atoms with Crippen LogP contribution >= 0.6 is 7.52 Å². The number of hydrogen-bond donors (Lipinski definition) is 2. The van der Waals surface area contributed by atoms with Crippen LogP contribution in [-0.2, 0) is 29.9 Å². The molecule has 0 bridgehead atoms. The molecule has 12 nitrogen and oxygen atoms in total. The summed E-state index contributed by atoms with van der Waals surface area (Å²) in [7, 11) is -3.67. The molecule has 0 saturated carbocycles. The Balaban J connectivity index is 0.00000371. The van der Waals surface area contributed by atoms with Crippen LogP contribution in [0.15, 0.2) is 30.3 Å². The maximum atomic E-state index is 13.8. The van der Waals surface area contributed by atoms with E-state index in [0.29, 0.717) is 36.0 Å². The highest BCUT2D eigenvalue weighted by atomic mass is 31.2. The zero-order valence-corrected chi connectivity index (χ0v) is 25.5. The van der Waals surface area contributed by atoms with E-state index < -0.39 is 19.5 Å². The Bertz CT molecular complexity index is 1150. The molecular weight excluding hydrogens is 523 g/mol. The fraction of sp³-hybridized carbons (Fsp3) is 0.615. The van der Waals surface area contributed by atoms with Crippen LogP contribution in [-0.4, -0.2) is 57.2 Å². The summed E-state index contributed by atoms with van der Waals surface area (Å²) in [5.41, 5.74) is 6.80.